The minimum absolute atomic E-state index is 0.263. The first-order valence-electron chi connectivity index (χ1n) is 4.85. The number of halogens is 2. The van der Waals surface area contributed by atoms with Gasteiger partial charge >= 0.3 is 0 Å². The summed E-state index contributed by atoms with van der Waals surface area (Å²) in [5, 5.41) is 11.5. The highest BCUT2D eigenvalue weighted by molar-refractivity contribution is 6.04. The van der Waals surface area contributed by atoms with Crippen LogP contribution in [0.2, 0.25) is 0 Å². The summed E-state index contributed by atoms with van der Waals surface area (Å²) in [4.78, 5) is 18.2. The van der Waals surface area contributed by atoms with E-state index >= 15 is 0 Å². The summed E-state index contributed by atoms with van der Waals surface area (Å²) in [7, 11) is 0. The lowest BCUT2D eigenvalue weighted by Crippen LogP contribution is -2.15. The lowest BCUT2D eigenvalue weighted by molar-refractivity contribution is 0.101. The number of rotatable bonds is 2. The number of aromatic nitrogens is 2. The molecule has 0 fully saturated rings. The van der Waals surface area contributed by atoms with E-state index < -0.39 is 17.8 Å². The Morgan fingerprint density at radius 2 is 2.06 bits per heavy atom. The maximum Gasteiger partial charge on any atom is 0.278 e. The molecule has 5 nitrogen and oxygen atoms in total. The highest BCUT2D eigenvalue weighted by atomic mass is 19.1. The Hall–Kier alpha value is -2.57. The normalized spacial score (nSPS) is 10.1. The van der Waals surface area contributed by atoms with Crippen molar-refractivity contribution in [1.29, 1.82) is 0 Å². The van der Waals surface area contributed by atoms with Crippen LogP contribution in [0.15, 0.2) is 30.5 Å². The molecule has 7 heteroatoms. The fourth-order valence-electron chi connectivity index (χ4n) is 1.26. The second-order valence-corrected chi connectivity index (χ2v) is 3.30. The fourth-order valence-corrected chi connectivity index (χ4v) is 1.26. The Kier molecular flexibility index (Phi) is 3.13. The summed E-state index contributed by atoms with van der Waals surface area (Å²) in [6.45, 7) is 0. The Bertz CT molecular complexity index is 605. The first-order chi connectivity index (χ1) is 8.58. The van der Waals surface area contributed by atoms with Crippen molar-refractivity contribution in [3.63, 3.8) is 0 Å². The number of pyridine rings is 2. The van der Waals surface area contributed by atoms with Gasteiger partial charge in [0, 0.05) is 6.20 Å². The molecule has 2 heterocycles. The molecule has 0 spiro atoms. The van der Waals surface area contributed by atoms with Gasteiger partial charge in [0.05, 0.1) is 5.69 Å². The maximum absolute atomic E-state index is 13.2. The minimum atomic E-state index is -1.15. The van der Waals surface area contributed by atoms with Crippen molar-refractivity contribution in [1.82, 2.24) is 9.97 Å². The molecule has 2 rings (SSSR count). The van der Waals surface area contributed by atoms with Gasteiger partial charge in [-0.15, -0.1) is 0 Å². The van der Waals surface area contributed by atoms with Crippen LogP contribution in [0.25, 0.3) is 0 Å². The summed E-state index contributed by atoms with van der Waals surface area (Å²) < 4.78 is 25.7. The van der Waals surface area contributed by atoms with Crippen molar-refractivity contribution >= 4 is 11.6 Å². The first kappa shape index (κ1) is 11.9. The lowest BCUT2D eigenvalue weighted by atomic mass is 10.3. The van der Waals surface area contributed by atoms with Crippen LogP contribution in [0.5, 0.6) is 5.75 Å². The number of nitrogens with one attached hydrogen (secondary N) is 1. The maximum atomic E-state index is 13.2. The van der Waals surface area contributed by atoms with Crippen molar-refractivity contribution < 1.29 is 18.7 Å². The van der Waals surface area contributed by atoms with Gasteiger partial charge < -0.3 is 10.4 Å². The molecule has 0 saturated heterocycles. The van der Waals surface area contributed by atoms with E-state index in [1.54, 1.807) is 0 Å². The van der Waals surface area contributed by atoms with Crippen LogP contribution in [-0.2, 0) is 0 Å². The van der Waals surface area contributed by atoms with Crippen LogP contribution in [0.3, 0.4) is 0 Å². The topological polar surface area (TPSA) is 75.1 Å². The van der Waals surface area contributed by atoms with Crippen LogP contribution < -0.4 is 5.32 Å². The number of carbonyl (C=O) groups is 1. The largest absolute Gasteiger partial charge is 0.505 e. The number of hydrogen-bond acceptors (Lipinski definition) is 4. The van der Waals surface area contributed by atoms with Crippen LogP contribution in [0, 0.1) is 11.9 Å². The molecule has 1 amide bonds. The van der Waals surface area contributed by atoms with Crippen molar-refractivity contribution in [3.05, 3.63) is 48.1 Å². The predicted octanol–water partition coefficient (Wildman–Crippen LogP) is 1.71. The fraction of sp³-hybridized carbons (Fsp3) is 0. The highest BCUT2D eigenvalue weighted by Crippen LogP contribution is 2.17. The zero-order chi connectivity index (χ0) is 13.1. The molecule has 0 unspecified atom stereocenters. The van der Waals surface area contributed by atoms with Gasteiger partial charge in [-0.1, -0.05) is 0 Å². The van der Waals surface area contributed by atoms with E-state index in [-0.39, 0.29) is 17.1 Å². The Morgan fingerprint density at radius 1 is 1.28 bits per heavy atom. The SMILES string of the molecule is O=C(Nc1ccc(F)nc1F)c1ncccc1O. The van der Waals surface area contributed by atoms with Crippen molar-refractivity contribution in [3.8, 4) is 5.75 Å². The molecular formula is C11H7F2N3O2. The third kappa shape index (κ3) is 2.40. The van der Waals surface area contributed by atoms with Crippen molar-refractivity contribution in [2.75, 3.05) is 5.32 Å². The molecule has 0 aromatic carbocycles. The predicted molar refractivity (Wildman–Crippen MR) is 58.0 cm³/mol. The van der Waals surface area contributed by atoms with Gasteiger partial charge in [-0.05, 0) is 24.3 Å². The summed E-state index contributed by atoms with van der Waals surface area (Å²) in [5.74, 6) is -3.31. The Morgan fingerprint density at radius 3 is 2.72 bits per heavy atom. The summed E-state index contributed by atoms with van der Waals surface area (Å²) in [6.07, 6.45) is 1.30. The Labute approximate surface area is 100 Å². The average molecular weight is 251 g/mol. The van der Waals surface area contributed by atoms with Crippen molar-refractivity contribution in [2.45, 2.75) is 0 Å². The quantitative estimate of drug-likeness (QED) is 0.797. The minimum Gasteiger partial charge on any atom is -0.505 e. The number of carbonyl (C=O) groups excluding carboxylic acids is 1. The van der Waals surface area contributed by atoms with Gasteiger partial charge in [0.1, 0.15) is 5.75 Å². The number of hydrogen-bond donors (Lipinski definition) is 2. The molecule has 0 bridgehead atoms. The molecule has 0 aliphatic heterocycles. The number of anilines is 1. The van der Waals surface area contributed by atoms with Gasteiger partial charge in [0.2, 0.25) is 11.9 Å². The zero-order valence-electron chi connectivity index (χ0n) is 8.89. The molecule has 2 N–H and O–H groups in total. The average Bonchev–Trinajstić information content (AvgIpc) is 2.33. The second kappa shape index (κ2) is 4.74. The summed E-state index contributed by atoms with van der Waals surface area (Å²) in [6, 6.07) is 4.62. The Balaban J connectivity index is 2.24. The van der Waals surface area contributed by atoms with E-state index in [4.69, 9.17) is 0 Å². The number of amides is 1. The lowest BCUT2D eigenvalue weighted by Gasteiger charge is -2.06. The second-order valence-electron chi connectivity index (χ2n) is 3.30. The molecule has 0 saturated carbocycles. The zero-order valence-corrected chi connectivity index (χ0v) is 8.89. The highest BCUT2D eigenvalue weighted by Gasteiger charge is 2.15. The van der Waals surface area contributed by atoms with Crippen LogP contribution >= 0.6 is 0 Å². The molecule has 92 valence electrons. The standard InChI is InChI=1S/C11H7F2N3O2/c12-8-4-3-6(10(13)16-8)15-11(18)9-7(17)2-1-5-14-9/h1-5,17H,(H,15,18). The van der Waals surface area contributed by atoms with Gasteiger partial charge in [-0.3, -0.25) is 4.79 Å². The van der Waals surface area contributed by atoms with Gasteiger partial charge in [-0.25, -0.2) is 4.98 Å². The molecule has 0 atom stereocenters. The van der Waals surface area contributed by atoms with E-state index in [0.717, 1.165) is 12.1 Å². The molecule has 2 aromatic heterocycles. The van der Waals surface area contributed by atoms with Crippen molar-refractivity contribution in [2.24, 2.45) is 0 Å². The third-order valence-electron chi connectivity index (χ3n) is 2.06. The van der Waals surface area contributed by atoms with E-state index in [1.165, 1.54) is 18.3 Å². The van der Waals surface area contributed by atoms with Gasteiger partial charge in [0.25, 0.3) is 5.91 Å². The van der Waals surface area contributed by atoms with E-state index in [0.29, 0.717) is 0 Å². The van der Waals surface area contributed by atoms with Crippen LogP contribution in [0.1, 0.15) is 10.5 Å². The monoisotopic (exact) mass is 251 g/mol. The number of aromatic hydroxyl groups is 1. The third-order valence-corrected chi connectivity index (χ3v) is 2.06. The molecule has 2 aromatic rings. The smallest absolute Gasteiger partial charge is 0.278 e. The van der Waals surface area contributed by atoms with E-state index in [9.17, 15) is 18.7 Å². The first-order valence-corrected chi connectivity index (χ1v) is 4.85. The van der Waals surface area contributed by atoms with E-state index in [2.05, 4.69) is 15.3 Å². The molecule has 0 aliphatic rings. The van der Waals surface area contributed by atoms with Crippen LogP contribution in [0.4, 0.5) is 14.5 Å². The molecule has 0 aliphatic carbocycles. The molecule has 0 radical (unpaired) electrons. The summed E-state index contributed by atoms with van der Waals surface area (Å²) >= 11 is 0. The van der Waals surface area contributed by atoms with Gasteiger partial charge in [-0.2, -0.15) is 13.8 Å². The molecular weight excluding hydrogens is 244 g/mol. The number of nitrogens with zero attached hydrogens (tertiary/aromatic N) is 2. The van der Waals surface area contributed by atoms with Gasteiger partial charge in [0.15, 0.2) is 5.69 Å². The summed E-state index contributed by atoms with van der Waals surface area (Å²) in [5.41, 5.74) is -0.562. The van der Waals surface area contributed by atoms with E-state index in [1.807, 2.05) is 0 Å². The molecule has 18 heavy (non-hydrogen) atoms. The van der Waals surface area contributed by atoms with Crippen LogP contribution in [-0.4, -0.2) is 21.0 Å².